The van der Waals surface area contributed by atoms with Crippen molar-refractivity contribution < 1.29 is 60.5 Å². The van der Waals surface area contributed by atoms with Crippen molar-refractivity contribution in [1.29, 1.82) is 0 Å². The number of piperidine rings is 1. The van der Waals surface area contributed by atoms with Crippen molar-refractivity contribution in [3.8, 4) is 17.3 Å². The van der Waals surface area contributed by atoms with E-state index in [1.54, 1.807) is 37.4 Å². The normalized spacial score (nSPS) is 17.4. The van der Waals surface area contributed by atoms with Crippen LogP contribution in [0.5, 0.6) is 5.88 Å². The quantitative estimate of drug-likeness (QED) is 0.0463. The number of aromatic nitrogens is 4. The molecule has 0 saturated carbocycles. The second kappa shape index (κ2) is 22.6. The van der Waals surface area contributed by atoms with E-state index in [9.17, 15) is 36.8 Å². The number of rotatable bonds is 23. The van der Waals surface area contributed by atoms with Crippen molar-refractivity contribution in [2.75, 3.05) is 95.6 Å². The zero-order valence-electron chi connectivity index (χ0n) is 38.0. The maximum Gasteiger partial charge on any atom is 0.264 e. The number of nitrogens with zero attached hydrogens (tertiary/aromatic N) is 5. The Morgan fingerprint density at radius 3 is 2.53 bits per heavy atom. The molecule has 8 rings (SSSR count). The van der Waals surface area contributed by atoms with Crippen LogP contribution in [0.4, 0.5) is 15.8 Å². The maximum atomic E-state index is 14.3. The summed E-state index contributed by atoms with van der Waals surface area (Å²) < 4.78 is 71.5. The summed E-state index contributed by atoms with van der Waals surface area (Å²) in [5.74, 6) is -2.94. The van der Waals surface area contributed by atoms with Crippen molar-refractivity contribution in [3.05, 3.63) is 89.4 Å². The Morgan fingerprint density at radius 2 is 1.73 bits per heavy atom. The van der Waals surface area contributed by atoms with Gasteiger partial charge in [0.05, 0.1) is 57.0 Å². The second-order valence-corrected chi connectivity index (χ2v) is 18.1. The molecule has 5 heterocycles. The number of hydrogen-bond acceptors (Lipinski definition) is 17. The van der Waals surface area contributed by atoms with E-state index in [0.29, 0.717) is 79.1 Å². The minimum Gasteiger partial charge on any atom is -0.474 e. The Morgan fingerprint density at radius 1 is 0.943 bits per heavy atom. The third kappa shape index (κ3) is 12.1. The van der Waals surface area contributed by atoms with Gasteiger partial charge >= 0.3 is 0 Å². The lowest BCUT2D eigenvalue weighted by Gasteiger charge is -2.32. The number of nitrogens with one attached hydrogen (secondary N) is 5. The van der Waals surface area contributed by atoms with Crippen LogP contribution < -0.4 is 25.4 Å². The number of fused-ring (bicyclic) bond motifs is 2. The molecule has 2 fully saturated rings. The fraction of sp³-hybridized carbons (Fsp3) is 0.391. The molecule has 370 valence electrons. The van der Waals surface area contributed by atoms with E-state index in [0.717, 1.165) is 17.5 Å². The maximum absolute atomic E-state index is 14.3. The molecule has 2 saturated heterocycles. The monoisotopic (exact) mass is 986 g/mol. The molecule has 2 unspecified atom stereocenters. The molecule has 22 nitrogen and oxygen atoms in total. The van der Waals surface area contributed by atoms with Crippen LogP contribution in [0.3, 0.4) is 0 Å². The Balaban J connectivity index is 0.680. The number of amides is 5. The molecule has 3 aliphatic heterocycles. The molecule has 5 aromatic rings. The zero-order valence-corrected chi connectivity index (χ0v) is 38.8. The number of aromatic amines is 1. The molecule has 70 heavy (non-hydrogen) atoms. The Bertz CT molecular complexity index is 2850. The molecule has 24 heteroatoms. The number of carbonyl (C=O) groups excluding carboxylic acids is 5. The van der Waals surface area contributed by atoms with Crippen molar-refractivity contribution >= 4 is 62.0 Å². The summed E-state index contributed by atoms with van der Waals surface area (Å²) in [6.07, 6.45) is 1.40. The van der Waals surface area contributed by atoms with Gasteiger partial charge in [-0.1, -0.05) is 12.1 Å². The fourth-order valence-electron chi connectivity index (χ4n) is 7.93. The molecule has 0 radical (unpaired) electrons. The predicted molar refractivity (Wildman–Crippen MR) is 248 cm³/mol. The number of morpholine rings is 1. The first-order valence-electron chi connectivity index (χ1n) is 22.5. The van der Waals surface area contributed by atoms with Gasteiger partial charge in [-0.3, -0.25) is 48.9 Å². The third-order valence-corrected chi connectivity index (χ3v) is 12.8. The summed E-state index contributed by atoms with van der Waals surface area (Å²) in [7, 11) is -4.17. The van der Waals surface area contributed by atoms with E-state index in [4.69, 9.17) is 23.7 Å². The highest BCUT2D eigenvalue weighted by Gasteiger charge is 2.45. The van der Waals surface area contributed by atoms with E-state index in [2.05, 4.69) is 45.7 Å². The first-order chi connectivity index (χ1) is 33.8. The summed E-state index contributed by atoms with van der Waals surface area (Å²) in [6, 6.07) is 13.9. The number of benzene rings is 3. The molecule has 3 aromatic carbocycles. The van der Waals surface area contributed by atoms with Crippen molar-refractivity contribution in [2.24, 2.45) is 0 Å². The largest absolute Gasteiger partial charge is 0.474 e. The number of anilines is 2. The van der Waals surface area contributed by atoms with Crippen LogP contribution in [0.2, 0.25) is 0 Å². The molecule has 2 atom stereocenters. The van der Waals surface area contributed by atoms with Crippen molar-refractivity contribution in [2.45, 2.75) is 36.8 Å². The standard InChI is InChI=1S/C46H51FN10O12S/c1-28-5-10-34(47)37(23-28)70(63,64)55-30-8-6-29(7-9-30)41-52-42-33(24-50-54-42)44(53-41)69-26-31-25-56(16-18-68-31)15-17-65-19-20-66-21-22-67-27-39(59)49-14-13-48-35-4-2-3-32-40(35)46(62)57(45(32)61)36-11-12-38(58)51-43(36)60/h2-10,23-24,31,36,48,55H,11-22,25-27H2,1H3,(H,49,59)(H,51,58,60)(H,50,52,53,54). The van der Waals surface area contributed by atoms with E-state index in [1.165, 1.54) is 30.3 Å². The first kappa shape index (κ1) is 49.5. The van der Waals surface area contributed by atoms with Gasteiger partial charge in [-0.15, -0.1) is 0 Å². The highest BCUT2D eigenvalue weighted by molar-refractivity contribution is 7.92. The molecule has 2 aromatic heterocycles. The van der Waals surface area contributed by atoms with E-state index in [-0.39, 0.29) is 81.2 Å². The fourth-order valence-corrected chi connectivity index (χ4v) is 9.15. The van der Waals surface area contributed by atoms with Crippen LogP contribution in [-0.2, 0) is 43.4 Å². The minimum atomic E-state index is -4.17. The van der Waals surface area contributed by atoms with Gasteiger partial charge < -0.3 is 34.3 Å². The Kier molecular flexibility index (Phi) is 16.0. The van der Waals surface area contributed by atoms with Gasteiger partial charge in [0.1, 0.15) is 41.5 Å². The summed E-state index contributed by atoms with van der Waals surface area (Å²) in [6.45, 7) is 6.27. The van der Waals surface area contributed by atoms with Crippen molar-refractivity contribution in [3.63, 3.8) is 0 Å². The van der Waals surface area contributed by atoms with Crippen molar-refractivity contribution in [1.82, 2.24) is 40.6 Å². The molecule has 3 aliphatic rings. The van der Waals surface area contributed by atoms with Crippen LogP contribution in [0, 0.1) is 12.7 Å². The Hall–Kier alpha value is -6.96. The smallest absolute Gasteiger partial charge is 0.264 e. The number of carbonyl (C=O) groups is 5. The Labute approximate surface area is 401 Å². The highest BCUT2D eigenvalue weighted by atomic mass is 32.2. The van der Waals surface area contributed by atoms with E-state index >= 15 is 0 Å². The van der Waals surface area contributed by atoms with Gasteiger partial charge in [-0.2, -0.15) is 10.1 Å². The summed E-state index contributed by atoms with van der Waals surface area (Å²) in [5.41, 5.74) is 2.54. The molecule has 0 bridgehead atoms. The van der Waals surface area contributed by atoms with Gasteiger partial charge in [0.2, 0.25) is 23.6 Å². The highest BCUT2D eigenvalue weighted by Crippen LogP contribution is 2.33. The van der Waals surface area contributed by atoms with E-state index < -0.39 is 50.4 Å². The topological polar surface area (TPSA) is 275 Å². The van der Waals surface area contributed by atoms with Crippen LogP contribution in [-0.4, -0.2) is 166 Å². The average molecular weight is 987 g/mol. The summed E-state index contributed by atoms with van der Waals surface area (Å²) in [4.78, 5) is 74.4. The predicted octanol–water partition coefficient (Wildman–Crippen LogP) is 2.03. The zero-order chi connectivity index (χ0) is 49.2. The van der Waals surface area contributed by atoms with E-state index in [1.807, 2.05) is 0 Å². The van der Waals surface area contributed by atoms with Gasteiger partial charge in [0, 0.05) is 56.1 Å². The summed E-state index contributed by atoms with van der Waals surface area (Å²) in [5, 5.41) is 15.5. The van der Waals surface area contributed by atoms with Crippen LogP contribution >= 0.6 is 0 Å². The van der Waals surface area contributed by atoms with Gasteiger partial charge in [-0.25, -0.2) is 17.8 Å². The molecular formula is C46H51FN10O12S. The molecule has 5 amide bonds. The SMILES string of the molecule is Cc1ccc(F)c(S(=O)(=O)Nc2ccc(-c3nc(OCC4CN(CCOCCOCCOCC(=O)NCCNc5cccc6c5C(=O)N(C5CCC(=O)NC5=O)C6=O)CCO4)c4cn[nH]c4n3)cc2)c1. The molecule has 0 aliphatic carbocycles. The van der Waals surface area contributed by atoms with Gasteiger partial charge in [0.25, 0.3) is 21.8 Å². The number of halogens is 1. The number of imide groups is 2. The number of H-pyrrole nitrogens is 1. The van der Waals surface area contributed by atoms with Crippen LogP contribution in [0.25, 0.3) is 22.4 Å². The third-order valence-electron chi connectivity index (χ3n) is 11.4. The number of hydrogen-bond donors (Lipinski definition) is 5. The van der Waals surface area contributed by atoms with Gasteiger partial charge in [-0.05, 0) is 67.4 Å². The number of sulfonamides is 1. The summed E-state index contributed by atoms with van der Waals surface area (Å²) >= 11 is 0. The van der Waals surface area contributed by atoms with Crippen LogP contribution in [0.15, 0.2) is 71.8 Å². The molecular weight excluding hydrogens is 936 g/mol. The van der Waals surface area contributed by atoms with Crippen LogP contribution in [0.1, 0.15) is 39.1 Å². The average Bonchev–Trinajstić information content (AvgIpc) is 3.93. The number of ether oxygens (including phenoxy) is 5. The first-order valence-corrected chi connectivity index (χ1v) is 24.0. The molecule has 0 spiro atoms. The lowest BCUT2D eigenvalue weighted by Crippen LogP contribution is -2.54. The van der Waals surface area contributed by atoms with Gasteiger partial charge in [0.15, 0.2) is 11.5 Å². The molecule has 5 N–H and O–H groups in total. The number of aryl methyl sites for hydroxylation is 1. The lowest BCUT2D eigenvalue weighted by atomic mass is 10.0. The second-order valence-electron chi connectivity index (χ2n) is 16.4. The minimum absolute atomic E-state index is 0.0257. The lowest BCUT2D eigenvalue weighted by molar-refractivity contribution is -0.136.